The lowest BCUT2D eigenvalue weighted by Gasteiger charge is -2.29. The van der Waals surface area contributed by atoms with Crippen molar-refractivity contribution in [1.29, 1.82) is 0 Å². The maximum atomic E-state index is 12.6. The molecule has 146 valence electrons. The van der Waals surface area contributed by atoms with E-state index in [0.29, 0.717) is 23.4 Å². The number of carbonyl (C=O) groups is 3. The number of anilines is 1. The molecule has 0 radical (unpaired) electrons. The molecule has 0 saturated carbocycles. The summed E-state index contributed by atoms with van der Waals surface area (Å²) in [6.45, 7) is 9.91. The zero-order valence-corrected chi connectivity index (χ0v) is 16.0. The predicted molar refractivity (Wildman–Crippen MR) is 101 cm³/mol. The highest BCUT2D eigenvalue weighted by atomic mass is 16.5. The molecule has 0 aliphatic carbocycles. The molecule has 1 aromatic carbocycles. The van der Waals surface area contributed by atoms with Gasteiger partial charge in [0.25, 0.3) is 11.8 Å². The number of urea groups is 1. The molecule has 4 amide bonds. The minimum atomic E-state index is -0.600. The fourth-order valence-electron chi connectivity index (χ4n) is 3.26. The number of hydrogen-bond donors (Lipinski definition) is 2. The van der Waals surface area contributed by atoms with Crippen LogP contribution in [-0.2, 0) is 4.74 Å². The first-order chi connectivity index (χ1) is 12.8. The Labute approximate surface area is 158 Å². The number of nitrogens with one attached hydrogen (secondary N) is 2. The van der Waals surface area contributed by atoms with Crippen LogP contribution in [0.3, 0.4) is 0 Å². The van der Waals surface area contributed by atoms with E-state index in [1.54, 1.807) is 18.2 Å². The first kappa shape index (κ1) is 19.3. The Morgan fingerprint density at radius 1 is 1.11 bits per heavy atom. The van der Waals surface area contributed by atoms with Gasteiger partial charge in [0, 0.05) is 37.4 Å². The van der Waals surface area contributed by atoms with Gasteiger partial charge in [0.05, 0.1) is 24.3 Å². The monoisotopic (exact) mass is 374 g/mol. The lowest BCUT2D eigenvalue weighted by atomic mass is 10.1. The average Bonchev–Trinajstić information content (AvgIpc) is 2.86. The van der Waals surface area contributed by atoms with Crippen molar-refractivity contribution in [3.05, 3.63) is 29.3 Å². The number of benzene rings is 1. The number of morpholine rings is 1. The molecular formula is C19H26N4O4. The quantitative estimate of drug-likeness (QED) is 0.780. The molecule has 8 nitrogen and oxygen atoms in total. The van der Waals surface area contributed by atoms with Gasteiger partial charge >= 0.3 is 6.03 Å². The summed E-state index contributed by atoms with van der Waals surface area (Å²) >= 11 is 0. The van der Waals surface area contributed by atoms with Crippen LogP contribution in [0.25, 0.3) is 0 Å². The van der Waals surface area contributed by atoms with E-state index < -0.39 is 5.54 Å². The molecule has 2 aliphatic rings. The van der Waals surface area contributed by atoms with Gasteiger partial charge < -0.3 is 15.4 Å². The molecule has 27 heavy (non-hydrogen) atoms. The van der Waals surface area contributed by atoms with Crippen LogP contribution < -0.4 is 10.6 Å². The van der Waals surface area contributed by atoms with Crippen molar-refractivity contribution in [2.45, 2.75) is 26.3 Å². The van der Waals surface area contributed by atoms with Gasteiger partial charge in [-0.05, 0) is 39.0 Å². The Morgan fingerprint density at radius 3 is 2.44 bits per heavy atom. The third-order valence-electron chi connectivity index (χ3n) is 4.63. The van der Waals surface area contributed by atoms with Gasteiger partial charge in [0.15, 0.2) is 0 Å². The predicted octanol–water partition coefficient (Wildman–Crippen LogP) is 1.53. The van der Waals surface area contributed by atoms with Crippen LogP contribution in [0, 0.1) is 0 Å². The topological polar surface area (TPSA) is 91.0 Å². The molecule has 0 atom stereocenters. The van der Waals surface area contributed by atoms with Gasteiger partial charge in [-0.1, -0.05) is 0 Å². The molecule has 0 spiro atoms. The van der Waals surface area contributed by atoms with Crippen molar-refractivity contribution in [3.63, 3.8) is 0 Å². The molecule has 2 aliphatic heterocycles. The largest absolute Gasteiger partial charge is 0.379 e. The molecule has 1 aromatic rings. The Bertz CT molecular complexity index is 751. The number of amides is 4. The van der Waals surface area contributed by atoms with E-state index in [1.807, 2.05) is 20.8 Å². The van der Waals surface area contributed by atoms with Crippen LogP contribution in [0.2, 0.25) is 0 Å². The summed E-state index contributed by atoms with van der Waals surface area (Å²) in [4.78, 5) is 40.6. The molecule has 2 N–H and O–H groups in total. The number of ether oxygens (including phenoxy) is 1. The summed E-state index contributed by atoms with van der Waals surface area (Å²) in [5, 5.41) is 5.53. The Hall–Kier alpha value is -2.45. The van der Waals surface area contributed by atoms with Crippen LogP contribution in [0.5, 0.6) is 0 Å². The van der Waals surface area contributed by atoms with Crippen LogP contribution in [0.1, 0.15) is 41.5 Å². The molecule has 1 saturated heterocycles. The zero-order chi connectivity index (χ0) is 19.6. The molecule has 8 heteroatoms. The SMILES string of the molecule is CC(C)(C)N1C(=O)c2ccc(NC(=O)NCCN3CCOCC3)cc2C1=O. The third kappa shape index (κ3) is 4.28. The van der Waals surface area contributed by atoms with Gasteiger partial charge in [0.2, 0.25) is 0 Å². The summed E-state index contributed by atoms with van der Waals surface area (Å²) in [5.74, 6) is -0.636. The molecular weight excluding hydrogens is 348 g/mol. The highest BCUT2D eigenvalue weighted by molar-refractivity contribution is 6.22. The van der Waals surface area contributed by atoms with Crippen molar-refractivity contribution in [2.24, 2.45) is 0 Å². The fourth-order valence-corrected chi connectivity index (χ4v) is 3.26. The summed E-state index contributed by atoms with van der Waals surface area (Å²) in [6, 6.07) is 4.44. The Morgan fingerprint density at radius 2 is 1.78 bits per heavy atom. The summed E-state index contributed by atoms with van der Waals surface area (Å²) in [7, 11) is 0. The minimum absolute atomic E-state index is 0.302. The average molecular weight is 374 g/mol. The summed E-state index contributed by atoms with van der Waals surface area (Å²) < 4.78 is 5.29. The van der Waals surface area contributed by atoms with Crippen LogP contribution in [0.15, 0.2) is 18.2 Å². The number of hydrogen-bond acceptors (Lipinski definition) is 5. The number of imide groups is 1. The third-order valence-corrected chi connectivity index (χ3v) is 4.63. The van der Waals surface area contributed by atoms with Crippen LogP contribution in [0.4, 0.5) is 10.5 Å². The first-order valence-corrected chi connectivity index (χ1v) is 9.15. The molecule has 3 rings (SSSR count). The first-order valence-electron chi connectivity index (χ1n) is 9.15. The van der Waals surface area contributed by atoms with Crippen molar-refractivity contribution in [1.82, 2.24) is 15.1 Å². The van der Waals surface area contributed by atoms with E-state index in [2.05, 4.69) is 15.5 Å². The molecule has 0 unspecified atom stereocenters. The Balaban J connectivity index is 1.58. The Kier molecular flexibility index (Phi) is 5.48. The second-order valence-corrected chi connectivity index (χ2v) is 7.71. The molecule has 1 fully saturated rings. The van der Waals surface area contributed by atoms with Gasteiger partial charge in [-0.25, -0.2) is 4.79 Å². The molecule has 0 aromatic heterocycles. The maximum Gasteiger partial charge on any atom is 0.319 e. The van der Waals surface area contributed by atoms with Crippen molar-refractivity contribution < 1.29 is 19.1 Å². The van der Waals surface area contributed by atoms with E-state index in [1.165, 1.54) is 4.90 Å². The lowest BCUT2D eigenvalue weighted by molar-refractivity contribution is 0.0387. The summed E-state index contributed by atoms with van der Waals surface area (Å²) in [6.07, 6.45) is 0. The second kappa shape index (κ2) is 7.66. The molecule has 2 heterocycles. The smallest absolute Gasteiger partial charge is 0.319 e. The van der Waals surface area contributed by atoms with Crippen molar-refractivity contribution >= 4 is 23.5 Å². The lowest BCUT2D eigenvalue weighted by Crippen LogP contribution is -2.45. The number of carbonyl (C=O) groups excluding carboxylic acids is 3. The van der Waals surface area contributed by atoms with Crippen molar-refractivity contribution in [3.8, 4) is 0 Å². The van der Waals surface area contributed by atoms with Gasteiger partial charge in [-0.15, -0.1) is 0 Å². The van der Waals surface area contributed by atoms with E-state index >= 15 is 0 Å². The summed E-state index contributed by atoms with van der Waals surface area (Å²) in [5.41, 5.74) is 0.571. The standard InChI is InChI=1S/C19H26N4O4/c1-19(2,3)23-16(24)14-5-4-13(12-15(14)17(23)25)21-18(26)20-6-7-22-8-10-27-11-9-22/h4-5,12H,6-11H2,1-3H3,(H2,20,21,26). The second-order valence-electron chi connectivity index (χ2n) is 7.71. The van der Waals surface area contributed by atoms with Crippen molar-refractivity contribution in [2.75, 3.05) is 44.7 Å². The number of nitrogens with zero attached hydrogens (tertiary/aromatic N) is 2. The van der Waals surface area contributed by atoms with Gasteiger partial charge in [-0.3, -0.25) is 19.4 Å². The maximum absolute atomic E-state index is 12.6. The fraction of sp³-hybridized carbons (Fsp3) is 0.526. The van der Waals surface area contributed by atoms with Crippen LogP contribution in [-0.4, -0.2) is 72.6 Å². The molecule has 0 bridgehead atoms. The normalized spacial score (nSPS) is 17.8. The highest BCUT2D eigenvalue weighted by Crippen LogP contribution is 2.30. The number of fused-ring (bicyclic) bond motifs is 1. The number of rotatable bonds is 4. The van der Waals surface area contributed by atoms with E-state index in [-0.39, 0.29) is 17.8 Å². The van der Waals surface area contributed by atoms with Gasteiger partial charge in [0.1, 0.15) is 0 Å². The zero-order valence-electron chi connectivity index (χ0n) is 16.0. The van der Waals surface area contributed by atoms with Crippen LogP contribution >= 0.6 is 0 Å². The van der Waals surface area contributed by atoms with E-state index in [9.17, 15) is 14.4 Å². The minimum Gasteiger partial charge on any atom is -0.379 e. The highest BCUT2D eigenvalue weighted by Gasteiger charge is 2.41. The van der Waals surface area contributed by atoms with E-state index in [4.69, 9.17) is 4.74 Å². The van der Waals surface area contributed by atoms with E-state index in [0.717, 1.165) is 32.8 Å². The van der Waals surface area contributed by atoms with Gasteiger partial charge in [-0.2, -0.15) is 0 Å².